The van der Waals surface area contributed by atoms with E-state index < -0.39 is 15.9 Å². The highest BCUT2D eigenvalue weighted by Gasteiger charge is 2.33. The van der Waals surface area contributed by atoms with Crippen molar-refractivity contribution in [3.63, 3.8) is 0 Å². The maximum Gasteiger partial charge on any atom is 0.243 e. The lowest BCUT2D eigenvalue weighted by Crippen LogP contribution is -2.43. The van der Waals surface area contributed by atoms with Gasteiger partial charge < -0.3 is 10.1 Å². The Morgan fingerprint density at radius 2 is 1.66 bits per heavy atom. The number of hydrogen-bond donors (Lipinski definition) is 1. The zero-order chi connectivity index (χ0) is 22.6. The molecule has 1 atom stereocenters. The molecule has 1 N–H and O–H groups in total. The number of benzene rings is 3. The molecular weight excluding hydrogens is 448 g/mol. The van der Waals surface area contributed by atoms with E-state index in [9.17, 15) is 13.2 Å². The van der Waals surface area contributed by atoms with E-state index in [-0.39, 0.29) is 17.3 Å². The predicted molar refractivity (Wildman–Crippen MR) is 125 cm³/mol. The molecule has 1 heterocycles. The van der Waals surface area contributed by atoms with Crippen LogP contribution in [0.2, 0.25) is 5.02 Å². The Labute approximate surface area is 192 Å². The predicted octanol–water partition coefficient (Wildman–Crippen LogP) is 5.17. The van der Waals surface area contributed by atoms with Gasteiger partial charge in [-0.3, -0.25) is 4.79 Å². The Balaban J connectivity index is 1.47. The second-order valence-electron chi connectivity index (χ2n) is 7.56. The summed E-state index contributed by atoms with van der Waals surface area (Å²) in [4.78, 5) is 13.2. The minimum Gasteiger partial charge on any atom is -0.455 e. The van der Waals surface area contributed by atoms with Crippen LogP contribution < -0.4 is 10.1 Å². The van der Waals surface area contributed by atoms with Crippen molar-refractivity contribution in [1.29, 1.82) is 0 Å². The SMILES string of the molecule is O=C(Nc1ccccc1Oc1ccccc1)[C@@H]1CCCN(S(=O)(=O)c2ccc(Cl)cc2)C1. The third-order valence-electron chi connectivity index (χ3n) is 5.32. The molecule has 0 saturated carbocycles. The Morgan fingerprint density at radius 1 is 0.969 bits per heavy atom. The second kappa shape index (κ2) is 9.73. The van der Waals surface area contributed by atoms with Gasteiger partial charge in [-0.15, -0.1) is 0 Å². The first kappa shape index (κ1) is 22.3. The summed E-state index contributed by atoms with van der Waals surface area (Å²) >= 11 is 5.88. The Kier molecular flexibility index (Phi) is 6.79. The maximum absolute atomic E-state index is 13.0. The lowest BCUT2D eigenvalue weighted by Gasteiger charge is -2.31. The smallest absolute Gasteiger partial charge is 0.243 e. The fourth-order valence-electron chi connectivity index (χ4n) is 3.64. The molecule has 0 spiro atoms. The molecule has 1 aliphatic rings. The number of nitrogens with zero attached hydrogens (tertiary/aromatic N) is 1. The first-order chi connectivity index (χ1) is 15.4. The van der Waals surface area contributed by atoms with Crippen molar-refractivity contribution in [2.75, 3.05) is 18.4 Å². The molecule has 1 fully saturated rings. The number of anilines is 1. The van der Waals surface area contributed by atoms with Gasteiger partial charge in [0.15, 0.2) is 5.75 Å². The summed E-state index contributed by atoms with van der Waals surface area (Å²) in [6.45, 7) is 0.501. The molecule has 4 rings (SSSR count). The van der Waals surface area contributed by atoms with E-state index in [1.165, 1.54) is 16.4 Å². The molecule has 8 heteroatoms. The summed E-state index contributed by atoms with van der Waals surface area (Å²) in [5, 5.41) is 3.39. The van der Waals surface area contributed by atoms with Crippen molar-refractivity contribution in [3.8, 4) is 11.5 Å². The number of ether oxygens (including phenoxy) is 1. The van der Waals surface area contributed by atoms with Crippen molar-refractivity contribution in [1.82, 2.24) is 4.31 Å². The van der Waals surface area contributed by atoms with Gasteiger partial charge in [-0.25, -0.2) is 8.42 Å². The number of halogens is 1. The average Bonchev–Trinajstić information content (AvgIpc) is 2.81. The summed E-state index contributed by atoms with van der Waals surface area (Å²) in [6, 6.07) is 22.5. The summed E-state index contributed by atoms with van der Waals surface area (Å²) in [6.07, 6.45) is 1.22. The van der Waals surface area contributed by atoms with Gasteiger partial charge in [0.1, 0.15) is 5.75 Å². The molecule has 0 aliphatic carbocycles. The Morgan fingerprint density at radius 3 is 2.41 bits per heavy atom. The van der Waals surface area contributed by atoms with Gasteiger partial charge >= 0.3 is 0 Å². The van der Waals surface area contributed by atoms with E-state index >= 15 is 0 Å². The van der Waals surface area contributed by atoms with Gasteiger partial charge in [0.25, 0.3) is 0 Å². The second-order valence-corrected chi connectivity index (χ2v) is 9.93. The summed E-state index contributed by atoms with van der Waals surface area (Å²) in [7, 11) is -3.70. The van der Waals surface area contributed by atoms with Crippen LogP contribution in [0, 0.1) is 5.92 Å². The molecule has 3 aromatic rings. The number of rotatable bonds is 6. The lowest BCUT2D eigenvalue weighted by molar-refractivity contribution is -0.120. The number of carbonyl (C=O) groups is 1. The summed E-state index contributed by atoms with van der Waals surface area (Å²) < 4.78 is 33.3. The number of piperidine rings is 1. The molecule has 6 nitrogen and oxygen atoms in total. The van der Waals surface area contributed by atoms with E-state index in [0.29, 0.717) is 41.6 Å². The van der Waals surface area contributed by atoms with Gasteiger partial charge in [-0.2, -0.15) is 4.31 Å². The zero-order valence-electron chi connectivity index (χ0n) is 17.3. The van der Waals surface area contributed by atoms with Crippen LogP contribution in [-0.2, 0) is 14.8 Å². The van der Waals surface area contributed by atoms with Gasteiger partial charge in [-0.05, 0) is 61.4 Å². The van der Waals surface area contributed by atoms with Gasteiger partial charge in [-0.1, -0.05) is 41.9 Å². The fraction of sp³-hybridized carbons (Fsp3) is 0.208. The van der Waals surface area contributed by atoms with Crippen LogP contribution in [0.4, 0.5) is 5.69 Å². The first-order valence-electron chi connectivity index (χ1n) is 10.3. The molecule has 0 bridgehead atoms. The standard InChI is InChI=1S/C24H23ClN2O4S/c25-19-12-14-21(15-13-19)32(29,30)27-16-6-7-18(17-27)24(28)26-22-10-4-5-11-23(22)31-20-8-2-1-3-9-20/h1-5,8-15,18H,6-7,16-17H2,(H,26,28)/t18-/m1/s1. The molecule has 0 unspecified atom stereocenters. The van der Waals surface area contributed by atoms with E-state index in [1.807, 2.05) is 42.5 Å². The average molecular weight is 471 g/mol. The monoisotopic (exact) mass is 470 g/mol. The lowest BCUT2D eigenvalue weighted by atomic mass is 9.98. The van der Waals surface area contributed by atoms with E-state index in [1.54, 1.807) is 24.3 Å². The molecule has 166 valence electrons. The number of para-hydroxylation sites is 3. The minimum absolute atomic E-state index is 0.124. The maximum atomic E-state index is 13.0. The van der Waals surface area contributed by atoms with Gasteiger partial charge in [0, 0.05) is 18.1 Å². The Hall–Kier alpha value is -2.87. The molecule has 32 heavy (non-hydrogen) atoms. The number of nitrogens with one attached hydrogen (secondary N) is 1. The van der Waals surface area contributed by atoms with Crippen molar-refractivity contribution in [2.45, 2.75) is 17.7 Å². The molecule has 0 radical (unpaired) electrons. The fourth-order valence-corrected chi connectivity index (χ4v) is 5.29. The molecular formula is C24H23ClN2O4S. The van der Waals surface area contributed by atoms with Crippen molar-refractivity contribution >= 4 is 33.2 Å². The number of hydrogen-bond acceptors (Lipinski definition) is 4. The topological polar surface area (TPSA) is 75.7 Å². The molecule has 0 aromatic heterocycles. The van der Waals surface area contributed by atoms with E-state index in [0.717, 1.165) is 0 Å². The van der Waals surface area contributed by atoms with Crippen molar-refractivity contribution < 1.29 is 17.9 Å². The van der Waals surface area contributed by atoms with Crippen molar-refractivity contribution in [3.05, 3.63) is 83.9 Å². The molecule has 1 saturated heterocycles. The highest BCUT2D eigenvalue weighted by Crippen LogP contribution is 2.31. The minimum atomic E-state index is -3.70. The zero-order valence-corrected chi connectivity index (χ0v) is 18.9. The summed E-state index contributed by atoms with van der Waals surface area (Å²) in [5.41, 5.74) is 0.541. The molecule has 1 aliphatic heterocycles. The number of sulfonamides is 1. The molecule has 3 aromatic carbocycles. The van der Waals surface area contributed by atoms with Crippen LogP contribution in [-0.4, -0.2) is 31.7 Å². The van der Waals surface area contributed by atoms with Crippen LogP contribution in [0.5, 0.6) is 11.5 Å². The summed E-state index contributed by atoms with van der Waals surface area (Å²) in [5.74, 6) is 0.487. The highest BCUT2D eigenvalue weighted by molar-refractivity contribution is 7.89. The van der Waals surface area contributed by atoms with Gasteiger partial charge in [0.2, 0.25) is 15.9 Å². The molecule has 1 amide bonds. The van der Waals surface area contributed by atoms with Crippen molar-refractivity contribution in [2.24, 2.45) is 5.92 Å². The van der Waals surface area contributed by atoms with Crippen LogP contribution in [0.3, 0.4) is 0 Å². The normalized spacial score (nSPS) is 17.0. The van der Waals surface area contributed by atoms with E-state index in [2.05, 4.69) is 5.32 Å². The highest BCUT2D eigenvalue weighted by atomic mass is 35.5. The van der Waals surface area contributed by atoms with Crippen LogP contribution in [0.15, 0.2) is 83.8 Å². The van der Waals surface area contributed by atoms with Gasteiger partial charge in [0.05, 0.1) is 16.5 Å². The quantitative estimate of drug-likeness (QED) is 0.539. The van der Waals surface area contributed by atoms with Crippen LogP contribution >= 0.6 is 11.6 Å². The number of carbonyl (C=O) groups excluding carboxylic acids is 1. The third-order valence-corrected chi connectivity index (χ3v) is 7.45. The van der Waals surface area contributed by atoms with Crippen LogP contribution in [0.25, 0.3) is 0 Å². The van der Waals surface area contributed by atoms with E-state index in [4.69, 9.17) is 16.3 Å². The third kappa shape index (κ3) is 5.12. The largest absolute Gasteiger partial charge is 0.455 e. The van der Waals surface area contributed by atoms with Crippen LogP contribution in [0.1, 0.15) is 12.8 Å². The number of amides is 1. The Bertz CT molecular complexity index is 1180. The first-order valence-corrected chi connectivity index (χ1v) is 12.1.